The molecular weight excluding hydrogens is 278 g/mol. The normalized spacial score (nSPS) is 10.8. The minimum Gasteiger partial charge on any atom is -0.399 e. The van der Waals surface area contributed by atoms with E-state index < -0.39 is 0 Å². The molecule has 0 heterocycles. The van der Waals surface area contributed by atoms with Gasteiger partial charge in [0.15, 0.2) is 0 Å². The molecule has 20 heavy (non-hydrogen) atoms. The number of likely N-dealkylation sites (N-methyl/N-ethyl adjacent to an activating group) is 1. The van der Waals surface area contributed by atoms with E-state index in [0.717, 1.165) is 25.8 Å². The van der Waals surface area contributed by atoms with Gasteiger partial charge in [-0.25, -0.2) is 0 Å². The number of aliphatic hydroxyl groups excluding tert-OH is 1. The monoisotopic (exact) mass is 299 g/mol. The van der Waals surface area contributed by atoms with Crippen LogP contribution in [0.4, 0.5) is 11.4 Å². The number of benzene rings is 1. The average molecular weight is 300 g/mol. The van der Waals surface area contributed by atoms with E-state index in [9.17, 15) is 4.79 Å². The highest BCUT2D eigenvalue weighted by Crippen LogP contribution is 2.23. The second-order valence-corrected chi connectivity index (χ2v) is 5.22. The third-order valence-corrected chi connectivity index (χ3v) is 3.19. The molecule has 0 bridgehead atoms. The number of hydrogen-bond acceptors (Lipinski definition) is 4. The van der Waals surface area contributed by atoms with Crippen LogP contribution in [0.15, 0.2) is 18.2 Å². The van der Waals surface area contributed by atoms with E-state index in [4.69, 9.17) is 22.4 Å². The van der Waals surface area contributed by atoms with E-state index in [1.807, 2.05) is 11.9 Å². The number of rotatable bonds is 8. The fraction of sp³-hybridized carbons (Fsp3) is 0.500. The maximum atomic E-state index is 11.9. The van der Waals surface area contributed by atoms with Crippen molar-refractivity contribution in [3.63, 3.8) is 0 Å². The SMILES string of the molecule is CN(CCCCCO)CC(=O)Nc1ccc(N)cc1Cl. The van der Waals surface area contributed by atoms with Crippen LogP contribution >= 0.6 is 11.6 Å². The van der Waals surface area contributed by atoms with E-state index in [1.54, 1.807) is 18.2 Å². The molecule has 0 spiro atoms. The molecule has 5 nitrogen and oxygen atoms in total. The number of carbonyl (C=O) groups is 1. The van der Waals surface area contributed by atoms with Crippen molar-refractivity contribution in [1.29, 1.82) is 0 Å². The lowest BCUT2D eigenvalue weighted by molar-refractivity contribution is -0.117. The van der Waals surface area contributed by atoms with Gasteiger partial charge in [0, 0.05) is 12.3 Å². The second kappa shape index (κ2) is 8.79. The summed E-state index contributed by atoms with van der Waals surface area (Å²) in [5, 5.41) is 11.9. The van der Waals surface area contributed by atoms with Crippen LogP contribution in [0.3, 0.4) is 0 Å². The molecule has 1 aromatic carbocycles. The largest absolute Gasteiger partial charge is 0.399 e. The van der Waals surface area contributed by atoms with Gasteiger partial charge in [-0.2, -0.15) is 0 Å². The van der Waals surface area contributed by atoms with Crippen LogP contribution in [-0.2, 0) is 4.79 Å². The zero-order valence-corrected chi connectivity index (χ0v) is 12.5. The lowest BCUT2D eigenvalue weighted by Crippen LogP contribution is -2.31. The van der Waals surface area contributed by atoms with Gasteiger partial charge in [0.1, 0.15) is 0 Å². The van der Waals surface area contributed by atoms with Crippen LogP contribution in [0.2, 0.25) is 5.02 Å². The van der Waals surface area contributed by atoms with E-state index in [0.29, 0.717) is 22.9 Å². The molecule has 0 aromatic heterocycles. The minimum atomic E-state index is -0.110. The lowest BCUT2D eigenvalue weighted by atomic mass is 10.2. The average Bonchev–Trinajstić information content (AvgIpc) is 2.38. The van der Waals surface area contributed by atoms with Gasteiger partial charge in [0.25, 0.3) is 0 Å². The molecule has 0 fully saturated rings. The molecule has 1 aromatic rings. The summed E-state index contributed by atoms with van der Waals surface area (Å²) in [6.45, 7) is 1.35. The van der Waals surface area contributed by atoms with Gasteiger partial charge in [-0.05, 0) is 51.1 Å². The second-order valence-electron chi connectivity index (χ2n) is 4.81. The maximum Gasteiger partial charge on any atom is 0.238 e. The number of carbonyl (C=O) groups excluding carboxylic acids is 1. The van der Waals surface area contributed by atoms with Crippen LogP contribution in [0, 0.1) is 0 Å². The van der Waals surface area contributed by atoms with E-state index in [1.165, 1.54) is 0 Å². The Kier molecular flexibility index (Phi) is 7.36. The predicted molar refractivity (Wildman–Crippen MR) is 82.9 cm³/mol. The van der Waals surface area contributed by atoms with Gasteiger partial charge in [0.2, 0.25) is 5.91 Å². The Morgan fingerprint density at radius 1 is 1.40 bits per heavy atom. The van der Waals surface area contributed by atoms with Crippen molar-refractivity contribution >= 4 is 28.9 Å². The van der Waals surface area contributed by atoms with Crippen LogP contribution in [0.5, 0.6) is 0 Å². The van der Waals surface area contributed by atoms with Gasteiger partial charge >= 0.3 is 0 Å². The van der Waals surface area contributed by atoms with Gasteiger partial charge in [-0.3, -0.25) is 9.69 Å². The smallest absolute Gasteiger partial charge is 0.238 e. The first-order valence-electron chi connectivity index (χ1n) is 6.67. The van der Waals surface area contributed by atoms with E-state index >= 15 is 0 Å². The summed E-state index contributed by atoms with van der Waals surface area (Å²) < 4.78 is 0. The molecule has 4 N–H and O–H groups in total. The van der Waals surface area contributed by atoms with E-state index in [-0.39, 0.29) is 12.5 Å². The van der Waals surface area contributed by atoms with Crippen molar-refractivity contribution in [3.05, 3.63) is 23.2 Å². The zero-order valence-electron chi connectivity index (χ0n) is 11.7. The molecule has 0 aliphatic rings. The molecular formula is C14H22ClN3O2. The number of aliphatic hydroxyl groups is 1. The predicted octanol–water partition coefficient (Wildman–Crippen LogP) is 1.96. The van der Waals surface area contributed by atoms with Crippen molar-refractivity contribution in [3.8, 4) is 0 Å². The molecule has 0 saturated carbocycles. The van der Waals surface area contributed by atoms with Crippen molar-refractivity contribution in [2.45, 2.75) is 19.3 Å². The fourth-order valence-corrected chi connectivity index (χ4v) is 2.05. The number of amides is 1. The van der Waals surface area contributed by atoms with Crippen LogP contribution in [0.1, 0.15) is 19.3 Å². The quantitative estimate of drug-likeness (QED) is 0.506. The standard InChI is InChI=1S/C14H22ClN3O2/c1-18(7-3-2-4-8-19)10-14(20)17-13-6-5-11(16)9-12(13)15/h5-6,9,19H,2-4,7-8,10,16H2,1H3,(H,17,20). The maximum absolute atomic E-state index is 11.9. The number of nitrogens with two attached hydrogens (primary N) is 1. The molecule has 0 aliphatic carbocycles. The van der Waals surface area contributed by atoms with Crippen molar-refractivity contribution < 1.29 is 9.90 Å². The first-order chi connectivity index (χ1) is 9.52. The Bertz CT molecular complexity index is 440. The molecule has 6 heteroatoms. The number of halogens is 1. The number of nitrogens with zero attached hydrogens (tertiary/aromatic N) is 1. The molecule has 0 saturated heterocycles. The Balaban J connectivity index is 2.35. The summed E-state index contributed by atoms with van der Waals surface area (Å²) >= 11 is 6.00. The third kappa shape index (κ3) is 6.23. The molecule has 1 rings (SSSR count). The first kappa shape index (κ1) is 16.8. The fourth-order valence-electron chi connectivity index (χ4n) is 1.82. The van der Waals surface area contributed by atoms with Crippen LogP contribution < -0.4 is 11.1 Å². The van der Waals surface area contributed by atoms with Crippen molar-refractivity contribution in [2.24, 2.45) is 0 Å². The van der Waals surface area contributed by atoms with Crippen molar-refractivity contribution in [1.82, 2.24) is 4.90 Å². The number of unbranched alkanes of at least 4 members (excludes halogenated alkanes) is 2. The van der Waals surface area contributed by atoms with Gasteiger partial charge < -0.3 is 16.2 Å². The van der Waals surface area contributed by atoms with Crippen LogP contribution in [-0.4, -0.2) is 42.7 Å². The Morgan fingerprint density at radius 2 is 2.15 bits per heavy atom. The summed E-state index contributed by atoms with van der Waals surface area (Å²) in [7, 11) is 1.89. The first-order valence-corrected chi connectivity index (χ1v) is 7.05. The minimum absolute atomic E-state index is 0.110. The zero-order chi connectivity index (χ0) is 15.0. The van der Waals surface area contributed by atoms with Gasteiger partial charge in [-0.1, -0.05) is 11.6 Å². The van der Waals surface area contributed by atoms with E-state index in [2.05, 4.69) is 5.32 Å². The Labute approximate surface area is 124 Å². The summed E-state index contributed by atoms with van der Waals surface area (Å²) in [6.07, 6.45) is 2.74. The highest BCUT2D eigenvalue weighted by Gasteiger charge is 2.09. The number of nitrogen functional groups attached to an aromatic ring is 1. The number of anilines is 2. The molecule has 112 valence electrons. The Morgan fingerprint density at radius 3 is 2.80 bits per heavy atom. The number of hydrogen-bond donors (Lipinski definition) is 3. The lowest BCUT2D eigenvalue weighted by Gasteiger charge is -2.16. The summed E-state index contributed by atoms with van der Waals surface area (Å²) in [5.41, 5.74) is 6.73. The summed E-state index contributed by atoms with van der Waals surface area (Å²) in [6, 6.07) is 4.99. The van der Waals surface area contributed by atoms with Gasteiger partial charge in [0.05, 0.1) is 17.3 Å². The summed E-state index contributed by atoms with van der Waals surface area (Å²) in [4.78, 5) is 13.8. The highest BCUT2D eigenvalue weighted by molar-refractivity contribution is 6.34. The molecule has 0 aliphatic heterocycles. The molecule has 0 radical (unpaired) electrons. The topological polar surface area (TPSA) is 78.6 Å². The molecule has 0 atom stereocenters. The Hall–Kier alpha value is -1.30. The summed E-state index contributed by atoms with van der Waals surface area (Å²) in [5.74, 6) is -0.110. The highest BCUT2D eigenvalue weighted by atomic mass is 35.5. The van der Waals surface area contributed by atoms with Gasteiger partial charge in [-0.15, -0.1) is 0 Å². The number of nitrogens with one attached hydrogen (secondary N) is 1. The van der Waals surface area contributed by atoms with Crippen LogP contribution in [0.25, 0.3) is 0 Å². The molecule has 0 unspecified atom stereocenters. The van der Waals surface area contributed by atoms with Crippen molar-refractivity contribution in [2.75, 3.05) is 37.8 Å². The third-order valence-electron chi connectivity index (χ3n) is 2.88. The molecule has 1 amide bonds.